The Kier molecular flexibility index (Phi) is 3.49. The van der Waals surface area contributed by atoms with Gasteiger partial charge in [-0.05, 0) is 18.2 Å². The summed E-state index contributed by atoms with van der Waals surface area (Å²) in [6.07, 6.45) is 0. The van der Waals surface area contributed by atoms with Gasteiger partial charge in [-0.2, -0.15) is 0 Å². The summed E-state index contributed by atoms with van der Waals surface area (Å²) in [5.74, 6) is 7.26. The lowest BCUT2D eigenvalue weighted by Gasteiger charge is -2.07. The van der Waals surface area contributed by atoms with E-state index in [9.17, 15) is 0 Å². The Morgan fingerprint density at radius 1 is 1.05 bits per heavy atom. The van der Waals surface area contributed by atoms with Crippen molar-refractivity contribution < 1.29 is 4.74 Å². The molecule has 3 rings (SSSR count). The maximum Gasteiger partial charge on any atom is 0.124 e. The zero-order valence-electron chi connectivity index (χ0n) is 10.6. The fourth-order valence-corrected chi connectivity index (χ4v) is 2.17. The van der Waals surface area contributed by atoms with Gasteiger partial charge >= 0.3 is 0 Å². The van der Waals surface area contributed by atoms with Gasteiger partial charge in [-0.1, -0.05) is 48.2 Å². The highest BCUT2D eigenvalue weighted by molar-refractivity contribution is 5.39. The molecule has 0 aliphatic carbocycles. The standard InChI is InChI=1S/C17H15NO/c1-2-7-14(8-3-1)9-6-12-18-16-13-19-17-11-5-4-10-15(16)17/h1-5,7-8,10-11,16,18H,12-13H2. The quantitative estimate of drug-likeness (QED) is 0.826. The van der Waals surface area contributed by atoms with Gasteiger partial charge in [0.25, 0.3) is 0 Å². The van der Waals surface area contributed by atoms with Crippen molar-refractivity contribution >= 4 is 0 Å². The van der Waals surface area contributed by atoms with Crippen molar-refractivity contribution in [2.45, 2.75) is 6.04 Å². The fraction of sp³-hybridized carbons (Fsp3) is 0.176. The van der Waals surface area contributed by atoms with Crippen LogP contribution in [0.4, 0.5) is 0 Å². The van der Waals surface area contributed by atoms with Crippen molar-refractivity contribution in [2.24, 2.45) is 0 Å². The first-order valence-corrected chi connectivity index (χ1v) is 6.42. The van der Waals surface area contributed by atoms with Crippen LogP contribution in [0.15, 0.2) is 54.6 Å². The van der Waals surface area contributed by atoms with Crippen LogP contribution in [-0.2, 0) is 0 Å². The minimum Gasteiger partial charge on any atom is -0.491 e. The molecular formula is C17H15NO. The number of rotatable bonds is 2. The van der Waals surface area contributed by atoms with Gasteiger partial charge < -0.3 is 4.74 Å². The molecule has 2 nitrogen and oxygen atoms in total. The van der Waals surface area contributed by atoms with Gasteiger partial charge in [0.1, 0.15) is 12.4 Å². The van der Waals surface area contributed by atoms with Crippen molar-refractivity contribution in [1.29, 1.82) is 0 Å². The van der Waals surface area contributed by atoms with E-state index in [4.69, 9.17) is 4.74 Å². The van der Waals surface area contributed by atoms with Crippen molar-refractivity contribution in [3.8, 4) is 17.6 Å². The first-order chi connectivity index (χ1) is 9.43. The van der Waals surface area contributed by atoms with Gasteiger partial charge in [0.15, 0.2) is 0 Å². The SMILES string of the molecule is C(#Cc1ccccc1)CNC1COc2ccccc21. The van der Waals surface area contributed by atoms with Crippen LogP contribution in [0, 0.1) is 11.8 Å². The zero-order valence-corrected chi connectivity index (χ0v) is 10.6. The van der Waals surface area contributed by atoms with E-state index in [2.05, 4.69) is 23.2 Å². The van der Waals surface area contributed by atoms with E-state index < -0.39 is 0 Å². The van der Waals surface area contributed by atoms with Crippen molar-refractivity contribution in [3.63, 3.8) is 0 Å². The van der Waals surface area contributed by atoms with E-state index in [1.165, 1.54) is 5.56 Å². The number of benzene rings is 2. The lowest BCUT2D eigenvalue weighted by atomic mass is 10.1. The van der Waals surface area contributed by atoms with Crippen LogP contribution in [0.2, 0.25) is 0 Å². The monoisotopic (exact) mass is 249 g/mol. The van der Waals surface area contributed by atoms with Crippen LogP contribution >= 0.6 is 0 Å². The van der Waals surface area contributed by atoms with E-state index in [1.807, 2.05) is 48.5 Å². The highest BCUT2D eigenvalue weighted by Gasteiger charge is 2.22. The van der Waals surface area contributed by atoms with E-state index >= 15 is 0 Å². The molecule has 1 atom stereocenters. The third kappa shape index (κ3) is 2.78. The number of fused-ring (bicyclic) bond motifs is 1. The molecule has 0 amide bonds. The number of hydrogen-bond acceptors (Lipinski definition) is 2. The summed E-state index contributed by atoms with van der Waals surface area (Å²) in [7, 11) is 0. The molecule has 1 aliphatic heterocycles. The molecule has 2 aromatic carbocycles. The number of ether oxygens (including phenoxy) is 1. The molecule has 1 unspecified atom stereocenters. The highest BCUT2D eigenvalue weighted by atomic mass is 16.5. The Morgan fingerprint density at radius 3 is 2.74 bits per heavy atom. The Labute approximate surface area is 113 Å². The normalized spacial score (nSPS) is 16.1. The lowest BCUT2D eigenvalue weighted by molar-refractivity contribution is 0.315. The summed E-state index contributed by atoms with van der Waals surface area (Å²) >= 11 is 0. The Morgan fingerprint density at radius 2 is 1.84 bits per heavy atom. The molecule has 1 N–H and O–H groups in total. The van der Waals surface area contributed by atoms with Crippen LogP contribution in [0.1, 0.15) is 17.2 Å². The summed E-state index contributed by atoms with van der Waals surface area (Å²) in [5.41, 5.74) is 2.27. The smallest absolute Gasteiger partial charge is 0.124 e. The summed E-state index contributed by atoms with van der Waals surface area (Å²) < 4.78 is 5.62. The van der Waals surface area contributed by atoms with Crippen molar-refractivity contribution in [1.82, 2.24) is 5.32 Å². The molecule has 0 aromatic heterocycles. The van der Waals surface area contributed by atoms with E-state index in [1.54, 1.807) is 0 Å². The Bertz CT molecular complexity index is 610. The molecular weight excluding hydrogens is 234 g/mol. The molecule has 0 saturated carbocycles. The van der Waals surface area contributed by atoms with E-state index in [-0.39, 0.29) is 6.04 Å². The van der Waals surface area contributed by atoms with Crippen LogP contribution in [0.3, 0.4) is 0 Å². The first-order valence-electron chi connectivity index (χ1n) is 6.42. The van der Waals surface area contributed by atoms with Gasteiger partial charge in [-0.15, -0.1) is 0 Å². The second kappa shape index (κ2) is 5.60. The zero-order chi connectivity index (χ0) is 12.9. The molecule has 19 heavy (non-hydrogen) atoms. The van der Waals surface area contributed by atoms with Crippen LogP contribution in [0.5, 0.6) is 5.75 Å². The third-order valence-corrected chi connectivity index (χ3v) is 3.14. The average molecular weight is 249 g/mol. The highest BCUT2D eigenvalue weighted by Crippen LogP contribution is 2.31. The van der Waals surface area contributed by atoms with Gasteiger partial charge in [-0.25, -0.2) is 0 Å². The molecule has 0 radical (unpaired) electrons. The first kappa shape index (κ1) is 11.8. The average Bonchev–Trinajstić information content (AvgIpc) is 2.88. The maximum atomic E-state index is 5.62. The number of nitrogens with one attached hydrogen (secondary N) is 1. The molecule has 0 bridgehead atoms. The largest absolute Gasteiger partial charge is 0.491 e. The van der Waals surface area contributed by atoms with Crippen LogP contribution < -0.4 is 10.1 Å². The van der Waals surface area contributed by atoms with Crippen molar-refractivity contribution in [2.75, 3.05) is 13.2 Å². The molecule has 0 spiro atoms. The second-order valence-electron chi connectivity index (χ2n) is 4.45. The number of hydrogen-bond donors (Lipinski definition) is 1. The van der Waals surface area contributed by atoms with Crippen molar-refractivity contribution in [3.05, 3.63) is 65.7 Å². The van der Waals surface area contributed by atoms with Gasteiger partial charge in [-0.3, -0.25) is 5.32 Å². The summed E-state index contributed by atoms with van der Waals surface area (Å²) in [4.78, 5) is 0. The topological polar surface area (TPSA) is 21.3 Å². The minimum atomic E-state index is 0.251. The predicted octanol–water partition coefficient (Wildman–Crippen LogP) is 2.76. The molecule has 94 valence electrons. The molecule has 1 heterocycles. The summed E-state index contributed by atoms with van der Waals surface area (Å²) in [5, 5.41) is 3.41. The summed E-state index contributed by atoms with van der Waals surface area (Å²) in [6, 6.07) is 18.4. The van der Waals surface area contributed by atoms with Gasteiger partial charge in [0.2, 0.25) is 0 Å². The second-order valence-corrected chi connectivity index (χ2v) is 4.45. The van der Waals surface area contributed by atoms with Crippen LogP contribution in [-0.4, -0.2) is 13.2 Å². The Balaban J connectivity index is 1.59. The van der Waals surface area contributed by atoms with Crippen LogP contribution in [0.25, 0.3) is 0 Å². The minimum absolute atomic E-state index is 0.251. The Hall–Kier alpha value is -2.24. The van der Waals surface area contributed by atoms with E-state index in [0.29, 0.717) is 13.2 Å². The molecule has 0 fully saturated rings. The van der Waals surface area contributed by atoms with Gasteiger partial charge in [0, 0.05) is 11.1 Å². The van der Waals surface area contributed by atoms with E-state index in [0.717, 1.165) is 11.3 Å². The summed E-state index contributed by atoms with van der Waals surface area (Å²) in [6.45, 7) is 1.35. The third-order valence-electron chi connectivity index (χ3n) is 3.14. The molecule has 1 aliphatic rings. The molecule has 0 saturated heterocycles. The predicted molar refractivity (Wildman–Crippen MR) is 76.0 cm³/mol. The molecule has 2 heteroatoms. The lowest BCUT2D eigenvalue weighted by Crippen LogP contribution is -2.22. The number of para-hydroxylation sites is 1. The molecule has 2 aromatic rings. The maximum absolute atomic E-state index is 5.62. The fourth-order valence-electron chi connectivity index (χ4n) is 2.17. The van der Waals surface area contributed by atoms with Gasteiger partial charge in [0.05, 0.1) is 12.6 Å².